The highest BCUT2D eigenvalue weighted by atomic mass is 32.1. The Bertz CT molecular complexity index is 464. The maximum absolute atomic E-state index is 4.58. The second-order valence-corrected chi connectivity index (χ2v) is 5.18. The number of hydrogen-bond acceptors (Lipinski definition) is 3. The maximum atomic E-state index is 4.58. The van der Waals surface area contributed by atoms with E-state index in [2.05, 4.69) is 52.9 Å². The Morgan fingerprint density at radius 3 is 2.47 bits per heavy atom. The van der Waals surface area contributed by atoms with Crippen LogP contribution in [-0.4, -0.2) is 12.0 Å². The van der Waals surface area contributed by atoms with Gasteiger partial charge in [0.05, 0.1) is 6.04 Å². The lowest BCUT2D eigenvalue weighted by Gasteiger charge is -2.21. The van der Waals surface area contributed by atoms with E-state index in [-0.39, 0.29) is 6.04 Å². The van der Waals surface area contributed by atoms with Crippen LogP contribution in [0.2, 0.25) is 0 Å². The molecule has 0 spiro atoms. The number of aromatic nitrogens is 1. The molecule has 17 heavy (non-hydrogen) atoms. The minimum Gasteiger partial charge on any atom is -0.311 e. The Hall–Kier alpha value is -1.19. The van der Waals surface area contributed by atoms with E-state index in [4.69, 9.17) is 0 Å². The lowest BCUT2D eigenvalue weighted by molar-refractivity contribution is 0.505. The molecule has 0 amide bonds. The molecule has 0 radical (unpaired) electrons. The monoisotopic (exact) mass is 246 g/mol. The fraction of sp³-hybridized carbons (Fsp3) is 0.357. The number of aryl methyl sites for hydroxylation is 1. The molecule has 2 atom stereocenters. The van der Waals surface area contributed by atoms with Gasteiger partial charge in [-0.2, -0.15) is 0 Å². The summed E-state index contributed by atoms with van der Waals surface area (Å²) in [5.74, 6) is 0.423. The zero-order chi connectivity index (χ0) is 12.3. The Morgan fingerprint density at radius 2 is 1.94 bits per heavy atom. The van der Waals surface area contributed by atoms with Gasteiger partial charge in [0.25, 0.3) is 0 Å². The third kappa shape index (κ3) is 2.73. The molecule has 2 aromatic rings. The SMILES string of the molecule is CNC(c1nc(C)cs1)C(C)c1ccccc1. The lowest BCUT2D eigenvalue weighted by atomic mass is 9.94. The highest BCUT2D eigenvalue weighted by Crippen LogP contribution is 2.31. The van der Waals surface area contributed by atoms with Crippen LogP contribution in [-0.2, 0) is 0 Å². The molecule has 0 aliphatic rings. The van der Waals surface area contributed by atoms with Crippen molar-refractivity contribution in [1.29, 1.82) is 0 Å². The standard InChI is InChI=1S/C14H18N2S/c1-10-9-17-14(16-10)13(15-3)11(2)12-7-5-4-6-8-12/h4-9,11,13,15H,1-3H3. The topological polar surface area (TPSA) is 24.9 Å². The van der Waals surface area contributed by atoms with Gasteiger partial charge in [0.15, 0.2) is 0 Å². The molecule has 1 N–H and O–H groups in total. The van der Waals surface area contributed by atoms with Gasteiger partial charge in [-0.1, -0.05) is 37.3 Å². The van der Waals surface area contributed by atoms with Crippen molar-refractivity contribution >= 4 is 11.3 Å². The number of nitrogens with zero attached hydrogens (tertiary/aromatic N) is 1. The van der Waals surface area contributed by atoms with Crippen LogP contribution < -0.4 is 5.32 Å². The molecule has 0 aliphatic heterocycles. The first-order chi connectivity index (χ1) is 8.22. The zero-order valence-electron chi connectivity index (χ0n) is 10.5. The van der Waals surface area contributed by atoms with E-state index in [1.165, 1.54) is 10.6 Å². The first-order valence-electron chi connectivity index (χ1n) is 5.86. The van der Waals surface area contributed by atoms with Gasteiger partial charge in [-0.3, -0.25) is 0 Å². The van der Waals surface area contributed by atoms with Crippen LogP contribution in [0.1, 0.15) is 35.1 Å². The van der Waals surface area contributed by atoms with Crippen LogP contribution in [0.5, 0.6) is 0 Å². The Kier molecular flexibility index (Phi) is 3.92. The van der Waals surface area contributed by atoms with Crippen LogP contribution in [0.4, 0.5) is 0 Å². The Balaban J connectivity index is 2.25. The fourth-order valence-corrected chi connectivity index (χ4v) is 3.06. The normalized spacial score (nSPS) is 14.5. The van der Waals surface area contributed by atoms with E-state index >= 15 is 0 Å². The van der Waals surface area contributed by atoms with Gasteiger partial charge < -0.3 is 5.32 Å². The molecule has 0 bridgehead atoms. The van der Waals surface area contributed by atoms with Gasteiger partial charge >= 0.3 is 0 Å². The van der Waals surface area contributed by atoms with Crippen LogP contribution in [0.25, 0.3) is 0 Å². The van der Waals surface area contributed by atoms with Crippen molar-refractivity contribution < 1.29 is 0 Å². The average molecular weight is 246 g/mol. The summed E-state index contributed by atoms with van der Waals surface area (Å²) < 4.78 is 0. The summed E-state index contributed by atoms with van der Waals surface area (Å²) in [5, 5.41) is 6.65. The molecule has 1 aromatic carbocycles. The van der Waals surface area contributed by atoms with E-state index in [1.54, 1.807) is 11.3 Å². The zero-order valence-corrected chi connectivity index (χ0v) is 11.3. The molecule has 2 unspecified atom stereocenters. The minimum absolute atomic E-state index is 0.288. The largest absolute Gasteiger partial charge is 0.311 e. The number of rotatable bonds is 4. The first kappa shape index (κ1) is 12.3. The summed E-state index contributed by atoms with van der Waals surface area (Å²) >= 11 is 1.73. The van der Waals surface area contributed by atoms with Gasteiger partial charge in [0.1, 0.15) is 5.01 Å². The first-order valence-corrected chi connectivity index (χ1v) is 6.74. The average Bonchev–Trinajstić information content (AvgIpc) is 2.78. The highest BCUT2D eigenvalue weighted by Gasteiger charge is 2.21. The fourth-order valence-electron chi connectivity index (χ4n) is 2.05. The summed E-state index contributed by atoms with van der Waals surface area (Å²) in [6.45, 7) is 4.28. The highest BCUT2D eigenvalue weighted by molar-refractivity contribution is 7.09. The Labute approximate surface area is 107 Å². The molecule has 0 saturated carbocycles. The number of likely N-dealkylation sites (N-methyl/N-ethyl adjacent to an activating group) is 1. The molecule has 2 nitrogen and oxygen atoms in total. The molecule has 3 heteroatoms. The minimum atomic E-state index is 0.288. The Morgan fingerprint density at radius 1 is 1.24 bits per heavy atom. The summed E-state index contributed by atoms with van der Waals surface area (Å²) in [6.07, 6.45) is 0. The van der Waals surface area contributed by atoms with Crippen LogP contribution >= 0.6 is 11.3 Å². The van der Waals surface area contributed by atoms with Crippen molar-refractivity contribution in [3.8, 4) is 0 Å². The molecule has 1 aromatic heterocycles. The number of nitrogens with one attached hydrogen (secondary N) is 1. The van der Waals surface area contributed by atoms with Gasteiger partial charge in [0, 0.05) is 17.0 Å². The molecule has 0 aliphatic carbocycles. The van der Waals surface area contributed by atoms with Crippen molar-refractivity contribution in [2.75, 3.05) is 7.05 Å². The third-order valence-electron chi connectivity index (χ3n) is 3.04. The molecule has 0 saturated heterocycles. The second kappa shape index (κ2) is 5.43. The molecular weight excluding hydrogens is 228 g/mol. The van der Waals surface area contributed by atoms with E-state index in [1.807, 2.05) is 14.0 Å². The van der Waals surface area contributed by atoms with Gasteiger partial charge in [-0.25, -0.2) is 4.98 Å². The quantitative estimate of drug-likeness (QED) is 0.893. The van der Waals surface area contributed by atoms with Crippen molar-refractivity contribution in [1.82, 2.24) is 10.3 Å². The number of benzene rings is 1. The van der Waals surface area contributed by atoms with Crippen molar-refractivity contribution in [2.24, 2.45) is 0 Å². The van der Waals surface area contributed by atoms with Crippen LogP contribution in [0.3, 0.4) is 0 Å². The molecular formula is C14H18N2S. The maximum Gasteiger partial charge on any atom is 0.110 e. The summed E-state index contributed by atoms with van der Waals surface area (Å²) in [4.78, 5) is 4.58. The van der Waals surface area contributed by atoms with Gasteiger partial charge in [0.2, 0.25) is 0 Å². The third-order valence-corrected chi connectivity index (χ3v) is 4.08. The second-order valence-electron chi connectivity index (χ2n) is 4.29. The predicted molar refractivity (Wildman–Crippen MR) is 73.5 cm³/mol. The van der Waals surface area contributed by atoms with E-state index < -0.39 is 0 Å². The van der Waals surface area contributed by atoms with Crippen molar-refractivity contribution in [2.45, 2.75) is 25.8 Å². The predicted octanol–water partition coefficient (Wildman–Crippen LogP) is 3.52. The van der Waals surface area contributed by atoms with Gasteiger partial charge in [-0.15, -0.1) is 11.3 Å². The lowest BCUT2D eigenvalue weighted by Crippen LogP contribution is -2.22. The summed E-state index contributed by atoms with van der Waals surface area (Å²) in [7, 11) is 2.00. The molecule has 0 fully saturated rings. The van der Waals surface area contributed by atoms with E-state index in [9.17, 15) is 0 Å². The van der Waals surface area contributed by atoms with Gasteiger partial charge in [-0.05, 0) is 19.5 Å². The smallest absolute Gasteiger partial charge is 0.110 e. The molecule has 1 heterocycles. The summed E-state index contributed by atoms with van der Waals surface area (Å²) in [6, 6.07) is 10.9. The van der Waals surface area contributed by atoms with Crippen LogP contribution in [0, 0.1) is 6.92 Å². The van der Waals surface area contributed by atoms with Crippen LogP contribution in [0.15, 0.2) is 35.7 Å². The summed E-state index contributed by atoms with van der Waals surface area (Å²) in [5.41, 5.74) is 2.45. The van der Waals surface area contributed by atoms with E-state index in [0.717, 1.165) is 5.69 Å². The molecule has 2 rings (SSSR count). The van der Waals surface area contributed by atoms with E-state index in [0.29, 0.717) is 5.92 Å². The number of thiazole rings is 1. The van der Waals surface area contributed by atoms with Crippen molar-refractivity contribution in [3.63, 3.8) is 0 Å². The molecule has 90 valence electrons. The number of hydrogen-bond donors (Lipinski definition) is 1. The van der Waals surface area contributed by atoms with Crippen molar-refractivity contribution in [3.05, 3.63) is 52.0 Å².